The van der Waals surface area contributed by atoms with Crippen molar-refractivity contribution in [3.63, 3.8) is 0 Å². The van der Waals surface area contributed by atoms with Gasteiger partial charge in [-0.3, -0.25) is 4.79 Å². The predicted molar refractivity (Wildman–Crippen MR) is 90.0 cm³/mol. The first-order valence-corrected chi connectivity index (χ1v) is 8.33. The van der Waals surface area contributed by atoms with Crippen molar-refractivity contribution in [3.05, 3.63) is 70.2 Å². The van der Waals surface area contributed by atoms with Gasteiger partial charge in [-0.2, -0.15) is 0 Å². The largest absolute Gasteiger partial charge is 0.353 e. The summed E-state index contributed by atoms with van der Waals surface area (Å²) < 4.78 is 27.4. The fourth-order valence-electron chi connectivity index (χ4n) is 3.04. The van der Waals surface area contributed by atoms with Gasteiger partial charge in [-0.15, -0.1) is 0 Å². The molecule has 1 saturated carbocycles. The van der Waals surface area contributed by atoms with Gasteiger partial charge in [0.05, 0.1) is 0 Å². The van der Waals surface area contributed by atoms with E-state index in [4.69, 9.17) is 11.6 Å². The molecule has 2 aromatic rings. The van der Waals surface area contributed by atoms with E-state index < -0.39 is 11.6 Å². The SMILES string of the molecule is CC(Cc1c(F)cccc1F)NC(=O)C1CC1c1ccccc1Cl. The quantitative estimate of drug-likeness (QED) is 0.847. The Morgan fingerprint density at radius 2 is 1.88 bits per heavy atom. The normalized spacial score (nSPS) is 20.5. The predicted octanol–water partition coefficient (Wildman–Crippen LogP) is 4.47. The molecule has 1 amide bonds. The Kier molecular flexibility index (Phi) is 4.86. The lowest BCUT2D eigenvalue weighted by Gasteiger charge is -2.15. The molecule has 0 spiro atoms. The number of carbonyl (C=O) groups is 1. The first-order valence-electron chi connectivity index (χ1n) is 7.95. The fourth-order valence-corrected chi connectivity index (χ4v) is 3.31. The van der Waals surface area contributed by atoms with E-state index in [1.807, 2.05) is 24.3 Å². The maximum atomic E-state index is 13.7. The molecule has 0 radical (unpaired) electrons. The van der Waals surface area contributed by atoms with Crippen LogP contribution in [0, 0.1) is 17.6 Å². The monoisotopic (exact) mass is 349 g/mol. The molecule has 0 saturated heterocycles. The molecule has 24 heavy (non-hydrogen) atoms. The van der Waals surface area contributed by atoms with Crippen LogP contribution in [0.3, 0.4) is 0 Å². The van der Waals surface area contributed by atoms with Crippen molar-refractivity contribution in [3.8, 4) is 0 Å². The number of nitrogens with one attached hydrogen (secondary N) is 1. The van der Waals surface area contributed by atoms with Crippen LogP contribution in [-0.2, 0) is 11.2 Å². The highest BCUT2D eigenvalue weighted by atomic mass is 35.5. The highest BCUT2D eigenvalue weighted by Crippen LogP contribution is 2.49. The van der Waals surface area contributed by atoms with E-state index in [2.05, 4.69) is 5.32 Å². The number of rotatable bonds is 5. The third-order valence-electron chi connectivity index (χ3n) is 4.39. The zero-order valence-electron chi connectivity index (χ0n) is 13.2. The fraction of sp³-hybridized carbons (Fsp3) is 0.316. The van der Waals surface area contributed by atoms with Gasteiger partial charge in [0.2, 0.25) is 5.91 Å². The molecule has 0 bridgehead atoms. The molecule has 2 nitrogen and oxygen atoms in total. The number of carbonyl (C=O) groups excluding carboxylic acids is 1. The molecule has 2 aromatic carbocycles. The molecule has 3 unspecified atom stereocenters. The van der Waals surface area contributed by atoms with Crippen LogP contribution in [0.1, 0.15) is 30.4 Å². The molecule has 1 N–H and O–H groups in total. The molecule has 0 aliphatic heterocycles. The first kappa shape index (κ1) is 16.9. The lowest BCUT2D eigenvalue weighted by molar-refractivity contribution is -0.123. The zero-order chi connectivity index (χ0) is 17.3. The minimum Gasteiger partial charge on any atom is -0.353 e. The van der Waals surface area contributed by atoms with Crippen LogP contribution in [0.15, 0.2) is 42.5 Å². The molecular weight excluding hydrogens is 332 g/mol. The van der Waals surface area contributed by atoms with Gasteiger partial charge in [-0.05, 0) is 49.4 Å². The number of halogens is 3. The molecule has 126 valence electrons. The molecule has 1 fully saturated rings. The third kappa shape index (κ3) is 3.59. The van der Waals surface area contributed by atoms with Crippen LogP contribution in [0.4, 0.5) is 8.78 Å². The van der Waals surface area contributed by atoms with Gasteiger partial charge in [0.25, 0.3) is 0 Å². The second-order valence-corrected chi connectivity index (χ2v) is 6.69. The van der Waals surface area contributed by atoms with Gasteiger partial charge in [0, 0.05) is 22.5 Å². The molecule has 0 heterocycles. The second-order valence-electron chi connectivity index (χ2n) is 6.28. The van der Waals surface area contributed by atoms with Gasteiger partial charge in [0.1, 0.15) is 11.6 Å². The smallest absolute Gasteiger partial charge is 0.223 e. The average molecular weight is 350 g/mol. The number of amides is 1. The van der Waals surface area contributed by atoms with Crippen molar-refractivity contribution < 1.29 is 13.6 Å². The Morgan fingerprint density at radius 3 is 2.54 bits per heavy atom. The van der Waals surface area contributed by atoms with Crippen LogP contribution in [0.25, 0.3) is 0 Å². The highest BCUT2D eigenvalue weighted by molar-refractivity contribution is 6.31. The van der Waals surface area contributed by atoms with Crippen LogP contribution in [-0.4, -0.2) is 11.9 Å². The van der Waals surface area contributed by atoms with E-state index in [1.165, 1.54) is 18.2 Å². The second kappa shape index (κ2) is 6.89. The number of benzene rings is 2. The van der Waals surface area contributed by atoms with Crippen LogP contribution >= 0.6 is 11.6 Å². The molecule has 1 aliphatic rings. The van der Waals surface area contributed by atoms with Crippen molar-refractivity contribution in [2.75, 3.05) is 0 Å². The maximum absolute atomic E-state index is 13.7. The minimum absolute atomic E-state index is 0.00347. The molecule has 3 rings (SSSR count). The summed E-state index contributed by atoms with van der Waals surface area (Å²) >= 11 is 6.16. The lowest BCUT2D eigenvalue weighted by Crippen LogP contribution is -2.35. The van der Waals surface area contributed by atoms with E-state index in [1.54, 1.807) is 6.92 Å². The van der Waals surface area contributed by atoms with Crippen molar-refractivity contribution in [2.45, 2.75) is 31.7 Å². The zero-order valence-corrected chi connectivity index (χ0v) is 14.0. The van der Waals surface area contributed by atoms with Gasteiger partial charge >= 0.3 is 0 Å². The van der Waals surface area contributed by atoms with Crippen molar-refractivity contribution in [1.82, 2.24) is 5.32 Å². The molecular formula is C19H18ClF2NO. The van der Waals surface area contributed by atoms with Gasteiger partial charge in [-0.25, -0.2) is 8.78 Å². The van der Waals surface area contributed by atoms with Crippen LogP contribution < -0.4 is 5.32 Å². The summed E-state index contributed by atoms with van der Waals surface area (Å²) in [5, 5.41) is 3.51. The third-order valence-corrected chi connectivity index (χ3v) is 4.74. The standard InChI is InChI=1S/C19H18ClF2NO/c1-11(9-15-17(21)7-4-8-18(15)22)23-19(24)14-10-13(14)12-5-2-3-6-16(12)20/h2-8,11,13-14H,9-10H2,1H3,(H,23,24). The summed E-state index contributed by atoms with van der Waals surface area (Å²) in [6.07, 6.45) is 0.865. The summed E-state index contributed by atoms with van der Waals surface area (Å²) in [6, 6.07) is 10.9. The van der Waals surface area contributed by atoms with Crippen LogP contribution in [0.2, 0.25) is 5.02 Å². The molecule has 1 aliphatic carbocycles. The van der Waals surface area contributed by atoms with Gasteiger partial charge in [-0.1, -0.05) is 35.9 Å². The van der Waals surface area contributed by atoms with E-state index in [9.17, 15) is 13.6 Å². The number of hydrogen-bond donors (Lipinski definition) is 1. The lowest BCUT2D eigenvalue weighted by atomic mass is 10.1. The Bertz CT molecular complexity index is 745. The topological polar surface area (TPSA) is 29.1 Å². The minimum atomic E-state index is -0.587. The number of hydrogen-bond acceptors (Lipinski definition) is 1. The van der Waals surface area contributed by atoms with E-state index in [0.29, 0.717) is 5.02 Å². The maximum Gasteiger partial charge on any atom is 0.223 e. The summed E-state index contributed by atoms with van der Waals surface area (Å²) in [5.41, 5.74) is 0.982. The van der Waals surface area contributed by atoms with Crippen LogP contribution in [0.5, 0.6) is 0 Å². The summed E-state index contributed by atoms with van der Waals surface area (Å²) in [4.78, 5) is 12.3. The Labute approximate surface area is 144 Å². The summed E-state index contributed by atoms with van der Waals surface area (Å²) in [7, 11) is 0. The van der Waals surface area contributed by atoms with Crippen molar-refractivity contribution in [2.24, 2.45) is 5.92 Å². The molecule has 0 aromatic heterocycles. The van der Waals surface area contributed by atoms with E-state index in [-0.39, 0.29) is 35.8 Å². The van der Waals surface area contributed by atoms with Gasteiger partial charge < -0.3 is 5.32 Å². The Balaban J connectivity index is 1.59. The average Bonchev–Trinajstić information content (AvgIpc) is 3.32. The Hall–Kier alpha value is -1.94. The molecule has 3 atom stereocenters. The van der Waals surface area contributed by atoms with E-state index >= 15 is 0 Å². The first-order chi connectivity index (χ1) is 11.5. The van der Waals surface area contributed by atoms with Gasteiger partial charge in [0.15, 0.2) is 0 Å². The van der Waals surface area contributed by atoms with Crippen molar-refractivity contribution >= 4 is 17.5 Å². The molecule has 5 heteroatoms. The van der Waals surface area contributed by atoms with E-state index in [0.717, 1.165) is 12.0 Å². The highest BCUT2D eigenvalue weighted by Gasteiger charge is 2.45. The van der Waals surface area contributed by atoms with Crippen molar-refractivity contribution in [1.29, 1.82) is 0 Å². The Morgan fingerprint density at radius 1 is 1.21 bits per heavy atom. The summed E-state index contributed by atoms with van der Waals surface area (Å²) in [6.45, 7) is 1.75. The summed E-state index contributed by atoms with van der Waals surface area (Å²) in [5.74, 6) is -1.27.